The summed E-state index contributed by atoms with van der Waals surface area (Å²) in [7, 11) is 0. The first-order valence-corrected chi connectivity index (χ1v) is 13.0. The predicted octanol–water partition coefficient (Wildman–Crippen LogP) is 5.23. The van der Waals surface area contributed by atoms with E-state index in [0.717, 1.165) is 20.3 Å². The number of piperidine rings is 1. The first kappa shape index (κ1) is 26.5. The van der Waals surface area contributed by atoms with Crippen molar-refractivity contribution >= 4 is 34.5 Å². The number of anilines is 1. The van der Waals surface area contributed by atoms with E-state index in [2.05, 4.69) is 9.97 Å². The van der Waals surface area contributed by atoms with Gasteiger partial charge in [0.05, 0.1) is 17.6 Å². The number of ether oxygens (including phenoxy) is 2. The molecular weight excluding hydrogens is 525 g/mol. The SMILES string of the molecule is CC(C)(C)OC(=O)N1C2CC1CN(c1nc3c(OC(C(C)(C)O)C(F)(F)F)ccc(-c4nccs4)c3o1)C2. The van der Waals surface area contributed by atoms with Crippen molar-refractivity contribution in [3.05, 3.63) is 23.7 Å². The molecule has 5 heterocycles. The molecule has 0 spiro atoms. The van der Waals surface area contributed by atoms with Crippen molar-refractivity contribution in [2.75, 3.05) is 18.0 Å². The molecule has 13 heteroatoms. The molecule has 3 fully saturated rings. The Kier molecular flexibility index (Phi) is 6.29. The molecule has 1 amide bonds. The Balaban J connectivity index is 1.48. The number of amides is 1. The molecule has 3 atom stereocenters. The number of aliphatic hydroxyl groups is 1. The minimum Gasteiger partial charge on any atom is -0.475 e. The van der Waals surface area contributed by atoms with Crippen LogP contribution in [-0.2, 0) is 4.74 Å². The number of fused-ring (bicyclic) bond motifs is 3. The Bertz CT molecular complexity index is 1300. The van der Waals surface area contributed by atoms with E-state index in [0.29, 0.717) is 23.7 Å². The van der Waals surface area contributed by atoms with Crippen LogP contribution < -0.4 is 9.64 Å². The van der Waals surface area contributed by atoms with Gasteiger partial charge in [-0.3, -0.25) is 4.90 Å². The normalized spacial score (nSPS) is 20.9. The highest BCUT2D eigenvalue weighted by Gasteiger charge is 2.52. The third-order valence-electron chi connectivity index (χ3n) is 6.41. The molecule has 1 aromatic carbocycles. The molecular formula is C25H29F3N4O5S. The van der Waals surface area contributed by atoms with Gasteiger partial charge >= 0.3 is 12.3 Å². The smallest absolute Gasteiger partial charge is 0.428 e. The van der Waals surface area contributed by atoms with E-state index >= 15 is 0 Å². The number of hydrogen-bond donors (Lipinski definition) is 1. The zero-order chi connectivity index (χ0) is 27.6. The maximum Gasteiger partial charge on any atom is 0.428 e. The molecule has 3 aliphatic heterocycles. The quantitative estimate of drug-likeness (QED) is 0.458. The summed E-state index contributed by atoms with van der Waals surface area (Å²) < 4.78 is 58.3. The zero-order valence-electron chi connectivity index (χ0n) is 21.6. The minimum atomic E-state index is -4.83. The lowest BCUT2D eigenvalue weighted by Crippen LogP contribution is -2.70. The van der Waals surface area contributed by atoms with Crippen molar-refractivity contribution in [1.82, 2.24) is 14.9 Å². The molecule has 9 nitrogen and oxygen atoms in total. The summed E-state index contributed by atoms with van der Waals surface area (Å²) in [6, 6.07) is 2.96. The van der Waals surface area contributed by atoms with Gasteiger partial charge in [0.1, 0.15) is 22.0 Å². The van der Waals surface area contributed by atoms with E-state index in [-0.39, 0.29) is 41.0 Å². The average Bonchev–Trinajstić information content (AvgIpc) is 3.45. The average molecular weight is 555 g/mol. The molecule has 3 saturated heterocycles. The molecule has 3 aromatic rings. The number of benzene rings is 1. The van der Waals surface area contributed by atoms with Gasteiger partial charge in [0, 0.05) is 24.7 Å². The molecule has 1 N–H and O–H groups in total. The number of alkyl halides is 3. The van der Waals surface area contributed by atoms with Crippen LogP contribution in [0.15, 0.2) is 28.1 Å². The Labute approximate surface area is 221 Å². The van der Waals surface area contributed by atoms with E-state index in [4.69, 9.17) is 13.9 Å². The molecule has 0 saturated carbocycles. The summed E-state index contributed by atoms with van der Waals surface area (Å²) in [5.74, 6) is -0.169. The van der Waals surface area contributed by atoms with Crippen LogP contribution >= 0.6 is 11.3 Å². The van der Waals surface area contributed by atoms with Gasteiger partial charge in [-0.25, -0.2) is 9.78 Å². The molecule has 0 aliphatic carbocycles. The van der Waals surface area contributed by atoms with Crippen LogP contribution in [-0.4, -0.2) is 74.7 Å². The third kappa shape index (κ3) is 5.00. The van der Waals surface area contributed by atoms with Crippen LogP contribution in [0.3, 0.4) is 0 Å². The van der Waals surface area contributed by atoms with Crippen LogP contribution in [0.5, 0.6) is 5.75 Å². The fraction of sp³-hybridized carbons (Fsp3) is 0.560. The fourth-order valence-corrected chi connectivity index (χ4v) is 5.50. The number of rotatable bonds is 5. The summed E-state index contributed by atoms with van der Waals surface area (Å²) in [5.41, 5.74) is -1.93. The second-order valence-electron chi connectivity index (χ2n) is 11.2. The van der Waals surface area contributed by atoms with E-state index in [1.54, 1.807) is 22.5 Å². The van der Waals surface area contributed by atoms with Gasteiger partial charge in [0.2, 0.25) is 6.10 Å². The number of piperazine rings is 1. The van der Waals surface area contributed by atoms with Gasteiger partial charge in [-0.2, -0.15) is 18.2 Å². The van der Waals surface area contributed by atoms with Gasteiger partial charge in [0.15, 0.2) is 11.1 Å². The highest BCUT2D eigenvalue weighted by molar-refractivity contribution is 7.13. The summed E-state index contributed by atoms with van der Waals surface area (Å²) >= 11 is 1.35. The number of nitrogens with zero attached hydrogens (tertiary/aromatic N) is 4. The van der Waals surface area contributed by atoms with E-state index in [1.807, 2.05) is 25.7 Å². The van der Waals surface area contributed by atoms with Crippen molar-refractivity contribution in [2.45, 2.75) is 76.6 Å². The molecule has 2 bridgehead atoms. The van der Waals surface area contributed by atoms with Gasteiger partial charge in [-0.15, -0.1) is 11.3 Å². The lowest BCUT2D eigenvalue weighted by atomic mass is 9.88. The molecule has 2 aromatic heterocycles. The zero-order valence-corrected chi connectivity index (χ0v) is 22.4. The number of carbonyl (C=O) groups excluding carboxylic acids is 1. The maximum absolute atomic E-state index is 13.8. The van der Waals surface area contributed by atoms with Crippen LogP contribution in [0.25, 0.3) is 21.7 Å². The summed E-state index contributed by atoms with van der Waals surface area (Å²) in [6.07, 6.45) is -5.26. The highest BCUT2D eigenvalue weighted by Crippen LogP contribution is 2.42. The molecule has 3 aliphatic rings. The molecule has 6 rings (SSSR count). The van der Waals surface area contributed by atoms with Gasteiger partial charge < -0.3 is 23.9 Å². The molecule has 206 valence electrons. The Morgan fingerprint density at radius 1 is 1.18 bits per heavy atom. The lowest BCUT2D eigenvalue weighted by molar-refractivity contribution is -0.239. The van der Waals surface area contributed by atoms with Gasteiger partial charge in [-0.05, 0) is 53.2 Å². The number of hydrogen-bond acceptors (Lipinski definition) is 9. The molecule has 3 unspecified atom stereocenters. The van der Waals surface area contributed by atoms with Crippen LogP contribution in [0.4, 0.5) is 24.0 Å². The summed E-state index contributed by atoms with van der Waals surface area (Å²) in [4.78, 5) is 25.1. The fourth-order valence-electron chi connectivity index (χ4n) is 4.84. The lowest BCUT2D eigenvalue weighted by Gasteiger charge is -2.55. The third-order valence-corrected chi connectivity index (χ3v) is 7.22. The van der Waals surface area contributed by atoms with Crippen LogP contribution in [0, 0.1) is 0 Å². The van der Waals surface area contributed by atoms with E-state index in [1.165, 1.54) is 17.4 Å². The number of carbonyl (C=O) groups is 1. The standard InChI is InChI=1S/C25H29F3N4O5S/c1-23(2,3)37-22(33)32-13-10-14(32)12-31(11-13)21-30-17-16(35-20(24(4,5)34)25(26,27)28)7-6-15(18(17)36-21)19-29-8-9-38-19/h6-9,13-14,20,34H,10-12H2,1-5H3. The van der Waals surface area contributed by atoms with E-state index in [9.17, 15) is 23.1 Å². The van der Waals surface area contributed by atoms with Crippen LogP contribution in [0.1, 0.15) is 41.0 Å². The van der Waals surface area contributed by atoms with E-state index < -0.39 is 23.5 Å². The Hall–Kier alpha value is -3.06. The van der Waals surface area contributed by atoms with Gasteiger partial charge in [0.25, 0.3) is 6.01 Å². The number of aromatic nitrogens is 2. The van der Waals surface area contributed by atoms with Crippen molar-refractivity contribution < 1.29 is 37.0 Å². The molecule has 0 radical (unpaired) electrons. The second-order valence-corrected chi connectivity index (χ2v) is 12.0. The Morgan fingerprint density at radius 2 is 1.87 bits per heavy atom. The van der Waals surface area contributed by atoms with Crippen molar-refractivity contribution in [1.29, 1.82) is 0 Å². The number of oxazole rings is 1. The number of halogens is 3. The second kappa shape index (κ2) is 9.01. The first-order valence-electron chi connectivity index (χ1n) is 12.2. The Morgan fingerprint density at radius 3 is 2.42 bits per heavy atom. The van der Waals surface area contributed by atoms with Crippen molar-refractivity contribution in [3.8, 4) is 16.3 Å². The van der Waals surface area contributed by atoms with Crippen LogP contribution in [0.2, 0.25) is 0 Å². The monoisotopic (exact) mass is 554 g/mol. The largest absolute Gasteiger partial charge is 0.475 e. The first-order chi connectivity index (χ1) is 17.6. The predicted molar refractivity (Wildman–Crippen MR) is 134 cm³/mol. The van der Waals surface area contributed by atoms with Crippen molar-refractivity contribution in [3.63, 3.8) is 0 Å². The topological polar surface area (TPSA) is 101 Å². The summed E-state index contributed by atoms with van der Waals surface area (Å²) in [6.45, 7) is 8.37. The maximum atomic E-state index is 13.8. The summed E-state index contributed by atoms with van der Waals surface area (Å²) in [5, 5.41) is 12.6. The highest BCUT2D eigenvalue weighted by atomic mass is 32.1. The van der Waals surface area contributed by atoms with Gasteiger partial charge in [-0.1, -0.05) is 0 Å². The molecule has 38 heavy (non-hydrogen) atoms. The number of thiazole rings is 1. The minimum absolute atomic E-state index is 0.0921. The van der Waals surface area contributed by atoms with Crippen molar-refractivity contribution in [2.24, 2.45) is 0 Å².